The molecule has 3 nitrogen and oxygen atoms in total. The highest BCUT2D eigenvalue weighted by atomic mass is 32.2. The van der Waals surface area contributed by atoms with E-state index in [1.54, 1.807) is 11.8 Å². The predicted molar refractivity (Wildman–Crippen MR) is 47.8 cm³/mol. The van der Waals surface area contributed by atoms with Crippen molar-refractivity contribution in [3.8, 4) is 0 Å². The maximum Gasteiger partial charge on any atom is 0.321 e. The van der Waals surface area contributed by atoms with E-state index in [2.05, 4.69) is 6.92 Å². The monoisotopic (exact) mass is 177 g/mol. The van der Waals surface area contributed by atoms with E-state index in [1.807, 2.05) is 0 Å². The van der Waals surface area contributed by atoms with Gasteiger partial charge in [-0.15, -0.1) is 0 Å². The average Bonchev–Trinajstić information content (AvgIpc) is 1.97. The maximum atomic E-state index is 10.2. The predicted octanol–water partition coefficient (Wildman–Crippen LogP) is 0.932. The van der Waals surface area contributed by atoms with Crippen LogP contribution in [0.15, 0.2) is 0 Å². The lowest BCUT2D eigenvalue weighted by Crippen LogP contribution is -2.32. The summed E-state index contributed by atoms with van der Waals surface area (Å²) in [5.74, 6) is 0.626. The summed E-state index contributed by atoms with van der Waals surface area (Å²) in [6.45, 7) is 2.11. The number of rotatable bonds is 6. The summed E-state index contributed by atoms with van der Waals surface area (Å²) in [5, 5.41) is 8.40. The summed E-state index contributed by atoms with van der Waals surface area (Å²) in [7, 11) is 0. The van der Waals surface area contributed by atoms with Gasteiger partial charge in [-0.05, 0) is 12.2 Å². The van der Waals surface area contributed by atoms with E-state index in [-0.39, 0.29) is 0 Å². The number of aliphatic carboxylic acids is 1. The van der Waals surface area contributed by atoms with Crippen LogP contribution in [-0.2, 0) is 4.79 Å². The summed E-state index contributed by atoms with van der Waals surface area (Å²) in [4.78, 5) is 10.2. The Balaban J connectivity index is 3.17. The van der Waals surface area contributed by atoms with Gasteiger partial charge >= 0.3 is 5.97 Å². The van der Waals surface area contributed by atoms with Crippen molar-refractivity contribution in [2.45, 2.75) is 25.8 Å². The number of thioether (sulfide) groups is 1. The zero-order valence-corrected chi connectivity index (χ0v) is 7.56. The Morgan fingerprint density at radius 1 is 1.73 bits per heavy atom. The summed E-state index contributed by atoms with van der Waals surface area (Å²) in [6, 6.07) is -0.697. The summed E-state index contributed by atoms with van der Waals surface area (Å²) in [6.07, 6.45) is 2.28. The van der Waals surface area contributed by atoms with Crippen molar-refractivity contribution in [1.82, 2.24) is 0 Å². The molecule has 0 aromatic rings. The van der Waals surface area contributed by atoms with Crippen molar-refractivity contribution in [2.24, 2.45) is 5.73 Å². The molecule has 3 N–H and O–H groups in total. The second-order valence-electron chi connectivity index (χ2n) is 2.37. The van der Waals surface area contributed by atoms with Crippen LogP contribution >= 0.6 is 11.8 Å². The van der Waals surface area contributed by atoms with Gasteiger partial charge in [0.25, 0.3) is 0 Å². The lowest BCUT2D eigenvalue weighted by Gasteiger charge is -2.04. The van der Waals surface area contributed by atoms with Gasteiger partial charge in [-0.25, -0.2) is 0 Å². The minimum Gasteiger partial charge on any atom is -0.480 e. The van der Waals surface area contributed by atoms with Gasteiger partial charge in [0.2, 0.25) is 0 Å². The highest BCUT2D eigenvalue weighted by Gasteiger charge is 2.09. The van der Waals surface area contributed by atoms with E-state index in [4.69, 9.17) is 10.8 Å². The van der Waals surface area contributed by atoms with Gasteiger partial charge in [0.1, 0.15) is 6.04 Å². The Kier molecular flexibility index (Phi) is 6.36. The van der Waals surface area contributed by atoms with Crippen molar-refractivity contribution >= 4 is 17.7 Å². The van der Waals surface area contributed by atoms with Crippen molar-refractivity contribution in [1.29, 1.82) is 0 Å². The first-order chi connectivity index (χ1) is 5.18. The van der Waals surface area contributed by atoms with Crippen LogP contribution in [0.5, 0.6) is 0 Å². The topological polar surface area (TPSA) is 63.3 Å². The molecule has 0 aromatic carbocycles. The highest BCUT2D eigenvalue weighted by molar-refractivity contribution is 7.99. The first-order valence-corrected chi connectivity index (χ1v) is 4.90. The van der Waals surface area contributed by atoms with Crippen LogP contribution in [0, 0.1) is 0 Å². The highest BCUT2D eigenvalue weighted by Crippen LogP contribution is 2.05. The van der Waals surface area contributed by atoms with E-state index >= 15 is 0 Å². The van der Waals surface area contributed by atoms with E-state index in [9.17, 15) is 4.79 Å². The van der Waals surface area contributed by atoms with Gasteiger partial charge in [0.05, 0.1) is 0 Å². The Labute approximate surface area is 71.3 Å². The molecular formula is C7H15NO2S. The fraction of sp³-hybridized carbons (Fsp3) is 0.857. The Bertz CT molecular complexity index is 119. The molecule has 0 spiro atoms. The van der Waals surface area contributed by atoms with E-state index in [1.165, 1.54) is 0 Å². The molecule has 0 saturated heterocycles. The van der Waals surface area contributed by atoms with Crippen LogP contribution < -0.4 is 5.73 Å². The number of hydrogen-bond acceptors (Lipinski definition) is 3. The second-order valence-corrected chi connectivity index (χ2v) is 3.52. The lowest BCUT2D eigenvalue weighted by molar-refractivity contribution is -0.137. The first-order valence-electron chi connectivity index (χ1n) is 3.74. The molecule has 0 aliphatic rings. The number of nitrogens with two attached hydrogens (primary N) is 1. The summed E-state index contributed by atoms with van der Waals surface area (Å²) >= 11 is 1.61. The lowest BCUT2D eigenvalue weighted by atomic mass is 10.4. The molecular weight excluding hydrogens is 162 g/mol. The van der Waals surface area contributed by atoms with Gasteiger partial charge in [-0.1, -0.05) is 13.3 Å². The largest absolute Gasteiger partial charge is 0.480 e. The van der Waals surface area contributed by atoms with Crippen molar-refractivity contribution in [2.75, 3.05) is 11.5 Å². The van der Waals surface area contributed by atoms with Crippen LogP contribution in [0.1, 0.15) is 19.8 Å². The SMILES string of the molecule is CCCCSC[C@H](N)C(=O)O. The molecule has 0 radical (unpaired) electrons. The molecule has 0 fully saturated rings. The molecule has 11 heavy (non-hydrogen) atoms. The zero-order valence-electron chi connectivity index (χ0n) is 6.75. The molecule has 66 valence electrons. The van der Waals surface area contributed by atoms with Gasteiger partial charge in [-0.3, -0.25) is 4.79 Å². The van der Waals surface area contributed by atoms with Crippen molar-refractivity contribution < 1.29 is 9.90 Å². The Morgan fingerprint density at radius 2 is 2.36 bits per heavy atom. The molecule has 0 saturated carbocycles. The molecule has 0 unspecified atom stereocenters. The molecule has 0 amide bonds. The fourth-order valence-electron chi connectivity index (χ4n) is 0.528. The third-order valence-corrected chi connectivity index (χ3v) is 2.43. The van der Waals surface area contributed by atoms with Gasteiger partial charge in [-0.2, -0.15) is 11.8 Å². The Morgan fingerprint density at radius 3 is 2.82 bits per heavy atom. The van der Waals surface area contributed by atoms with Crippen LogP contribution in [0.3, 0.4) is 0 Å². The third-order valence-electron chi connectivity index (χ3n) is 1.26. The normalized spacial score (nSPS) is 12.9. The molecule has 0 aromatic heterocycles. The molecule has 0 aliphatic carbocycles. The van der Waals surface area contributed by atoms with Crippen molar-refractivity contribution in [3.63, 3.8) is 0 Å². The van der Waals surface area contributed by atoms with E-state index in [0.717, 1.165) is 18.6 Å². The van der Waals surface area contributed by atoms with Crippen LogP contribution in [0.25, 0.3) is 0 Å². The average molecular weight is 177 g/mol. The third kappa shape index (κ3) is 6.19. The van der Waals surface area contributed by atoms with Gasteiger partial charge in [0.15, 0.2) is 0 Å². The van der Waals surface area contributed by atoms with Crippen molar-refractivity contribution in [3.05, 3.63) is 0 Å². The number of carbonyl (C=O) groups is 1. The maximum absolute atomic E-state index is 10.2. The number of carboxylic acids is 1. The second kappa shape index (κ2) is 6.49. The quantitative estimate of drug-likeness (QED) is 0.592. The minimum absolute atomic E-state index is 0.523. The molecule has 1 atom stereocenters. The van der Waals surface area contributed by atoms with Crippen LogP contribution in [0.4, 0.5) is 0 Å². The number of hydrogen-bond donors (Lipinski definition) is 2. The molecule has 4 heteroatoms. The minimum atomic E-state index is -0.908. The molecule has 0 rings (SSSR count). The molecule has 0 heterocycles. The van der Waals surface area contributed by atoms with Crippen LogP contribution in [-0.4, -0.2) is 28.6 Å². The molecule has 0 aliphatic heterocycles. The van der Waals surface area contributed by atoms with E-state index in [0.29, 0.717) is 5.75 Å². The first kappa shape index (κ1) is 10.8. The van der Waals surface area contributed by atoms with Gasteiger partial charge < -0.3 is 10.8 Å². The van der Waals surface area contributed by atoms with E-state index < -0.39 is 12.0 Å². The van der Waals surface area contributed by atoms with Crippen LogP contribution in [0.2, 0.25) is 0 Å². The fourth-order valence-corrected chi connectivity index (χ4v) is 1.58. The summed E-state index contributed by atoms with van der Waals surface area (Å²) < 4.78 is 0. The van der Waals surface area contributed by atoms with Gasteiger partial charge in [0, 0.05) is 5.75 Å². The smallest absolute Gasteiger partial charge is 0.321 e. The standard InChI is InChI=1S/C7H15NO2S/c1-2-3-4-11-5-6(8)7(9)10/h6H,2-5,8H2,1H3,(H,9,10)/t6-/m0/s1. The Hall–Kier alpha value is -0.220. The number of carboxylic acid groups (broad SMARTS) is 1. The number of unbranched alkanes of at least 4 members (excludes halogenated alkanes) is 1. The summed E-state index contributed by atoms with van der Waals surface area (Å²) in [5.41, 5.74) is 5.28. The zero-order chi connectivity index (χ0) is 8.69. The molecule has 0 bridgehead atoms.